The number of amides is 1. The molecule has 8 heteroatoms. The van der Waals surface area contributed by atoms with E-state index in [-0.39, 0.29) is 11.7 Å². The molecule has 0 atom stereocenters. The van der Waals surface area contributed by atoms with E-state index in [0.717, 1.165) is 5.82 Å². The highest BCUT2D eigenvalue weighted by Crippen LogP contribution is 2.29. The van der Waals surface area contributed by atoms with Crippen LogP contribution in [0.1, 0.15) is 5.82 Å². The summed E-state index contributed by atoms with van der Waals surface area (Å²) < 4.78 is 5.71. The van der Waals surface area contributed by atoms with E-state index in [1.165, 1.54) is 11.8 Å². The van der Waals surface area contributed by atoms with E-state index >= 15 is 0 Å². The van der Waals surface area contributed by atoms with Crippen molar-refractivity contribution in [3.05, 3.63) is 59.4 Å². The highest BCUT2D eigenvalue weighted by molar-refractivity contribution is 7.99. The highest BCUT2D eigenvalue weighted by Gasteiger charge is 2.07. The number of H-pyrrole nitrogens is 1. The first-order chi connectivity index (χ1) is 12.1. The minimum atomic E-state index is -0.132. The van der Waals surface area contributed by atoms with Crippen LogP contribution < -0.4 is 10.1 Å². The molecule has 0 aliphatic carbocycles. The number of nitrogens with one attached hydrogen (secondary N) is 2. The summed E-state index contributed by atoms with van der Waals surface area (Å²) in [6.45, 7) is 1.81. The number of rotatable bonds is 6. The van der Waals surface area contributed by atoms with E-state index in [1.54, 1.807) is 36.4 Å². The van der Waals surface area contributed by atoms with Gasteiger partial charge in [0.1, 0.15) is 17.3 Å². The second-order valence-electron chi connectivity index (χ2n) is 5.10. The number of hydrogen-bond acceptors (Lipinski definition) is 5. The minimum Gasteiger partial charge on any atom is -0.456 e. The number of carbonyl (C=O) groups excluding carboxylic acids is 1. The summed E-state index contributed by atoms with van der Waals surface area (Å²) in [5.41, 5.74) is 0.684. The van der Waals surface area contributed by atoms with Crippen molar-refractivity contribution in [2.45, 2.75) is 12.1 Å². The van der Waals surface area contributed by atoms with Gasteiger partial charge in [0.25, 0.3) is 0 Å². The second-order valence-corrected chi connectivity index (χ2v) is 6.45. The summed E-state index contributed by atoms with van der Waals surface area (Å²) in [7, 11) is 0. The highest BCUT2D eigenvalue weighted by atomic mass is 35.5. The summed E-state index contributed by atoms with van der Waals surface area (Å²) in [5.74, 6) is 2.04. The number of para-hydroxylation sites is 1. The Bertz CT molecular complexity index is 867. The summed E-state index contributed by atoms with van der Waals surface area (Å²) in [5, 5.41) is 10.6. The fourth-order valence-electron chi connectivity index (χ4n) is 1.97. The molecule has 0 aliphatic rings. The average Bonchev–Trinajstić information content (AvgIpc) is 3.02. The minimum absolute atomic E-state index is 0.132. The van der Waals surface area contributed by atoms with Gasteiger partial charge < -0.3 is 10.1 Å². The van der Waals surface area contributed by atoms with Gasteiger partial charge in [0, 0.05) is 5.69 Å². The smallest absolute Gasteiger partial charge is 0.234 e. The number of hydrogen-bond donors (Lipinski definition) is 2. The van der Waals surface area contributed by atoms with Gasteiger partial charge in [-0.25, -0.2) is 4.98 Å². The maximum Gasteiger partial charge on any atom is 0.234 e. The zero-order valence-electron chi connectivity index (χ0n) is 13.3. The van der Waals surface area contributed by atoms with Gasteiger partial charge in [-0.05, 0) is 43.3 Å². The number of thioether (sulfide) groups is 1. The molecular formula is C17H15ClN4O2S. The predicted octanol–water partition coefficient (Wildman–Crippen LogP) is 4.29. The molecule has 0 radical (unpaired) electrons. The third kappa shape index (κ3) is 4.98. The Morgan fingerprint density at radius 2 is 2.00 bits per heavy atom. The number of anilines is 1. The van der Waals surface area contributed by atoms with Crippen LogP contribution in [0.5, 0.6) is 11.5 Å². The van der Waals surface area contributed by atoms with Gasteiger partial charge in [-0.2, -0.15) is 0 Å². The molecule has 3 aromatic rings. The molecule has 1 heterocycles. The van der Waals surface area contributed by atoms with Crippen molar-refractivity contribution >= 4 is 35.0 Å². The van der Waals surface area contributed by atoms with Gasteiger partial charge in [-0.3, -0.25) is 9.89 Å². The van der Waals surface area contributed by atoms with Crippen LogP contribution in [-0.2, 0) is 4.79 Å². The van der Waals surface area contributed by atoms with Crippen molar-refractivity contribution < 1.29 is 9.53 Å². The molecule has 0 bridgehead atoms. The first-order valence-electron chi connectivity index (χ1n) is 7.44. The van der Waals surface area contributed by atoms with Crippen LogP contribution in [0.25, 0.3) is 0 Å². The first-order valence-corrected chi connectivity index (χ1v) is 8.80. The molecule has 1 aromatic heterocycles. The molecule has 0 aliphatic heterocycles. The molecule has 3 rings (SSSR count). The van der Waals surface area contributed by atoms with Crippen molar-refractivity contribution in [3.8, 4) is 11.5 Å². The van der Waals surface area contributed by atoms with E-state index < -0.39 is 0 Å². The Hall–Kier alpha value is -2.51. The molecule has 0 fully saturated rings. The molecule has 25 heavy (non-hydrogen) atoms. The molecule has 0 unspecified atom stereocenters. The molecule has 0 spiro atoms. The van der Waals surface area contributed by atoms with E-state index in [1.807, 2.05) is 19.1 Å². The normalized spacial score (nSPS) is 10.5. The monoisotopic (exact) mass is 374 g/mol. The first kappa shape index (κ1) is 17.3. The summed E-state index contributed by atoms with van der Waals surface area (Å²) >= 11 is 7.33. The van der Waals surface area contributed by atoms with Crippen LogP contribution in [0.4, 0.5) is 5.69 Å². The van der Waals surface area contributed by atoms with Crippen molar-refractivity contribution in [3.63, 3.8) is 0 Å². The number of aryl methyl sites for hydroxylation is 1. The number of benzene rings is 2. The Kier molecular flexibility index (Phi) is 5.57. The number of nitrogens with zero attached hydrogens (tertiary/aromatic N) is 2. The molecule has 2 aromatic carbocycles. The van der Waals surface area contributed by atoms with Crippen LogP contribution in [0.3, 0.4) is 0 Å². The molecule has 128 valence electrons. The van der Waals surface area contributed by atoms with Crippen molar-refractivity contribution in [2.75, 3.05) is 11.1 Å². The zero-order valence-corrected chi connectivity index (χ0v) is 14.9. The number of ether oxygens (including phenoxy) is 1. The summed E-state index contributed by atoms with van der Waals surface area (Å²) in [6, 6.07) is 14.3. The number of aromatic amines is 1. The van der Waals surface area contributed by atoms with Gasteiger partial charge in [0.05, 0.1) is 10.8 Å². The topological polar surface area (TPSA) is 79.9 Å². The van der Waals surface area contributed by atoms with Crippen molar-refractivity contribution in [1.82, 2.24) is 15.2 Å². The largest absolute Gasteiger partial charge is 0.456 e. The van der Waals surface area contributed by atoms with Crippen molar-refractivity contribution in [2.24, 2.45) is 0 Å². The Labute approximate surface area is 154 Å². The quantitative estimate of drug-likeness (QED) is 0.629. The second kappa shape index (κ2) is 8.04. The molecule has 6 nitrogen and oxygen atoms in total. The predicted molar refractivity (Wildman–Crippen MR) is 98.4 cm³/mol. The summed E-state index contributed by atoms with van der Waals surface area (Å²) in [4.78, 5) is 16.1. The Morgan fingerprint density at radius 1 is 1.24 bits per heavy atom. The SMILES string of the molecule is Cc1nc(SCC(=O)Nc2ccc(Oc3ccccc3Cl)cc2)n[nH]1. The molecule has 0 saturated heterocycles. The fourth-order valence-corrected chi connectivity index (χ4v) is 2.79. The van der Waals surface area contributed by atoms with Gasteiger partial charge in [0.15, 0.2) is 0 Å². The van der Waals surface area contributed by atoms with Crippen LogP contribution in [0.2, 0.25) is 5.02 Å². The van der Waals surface area contributed by atoms with Crippen molar-refractivity contribution in [1.29, 1.82) is 0 Å². The molecule has 2 N–H and O–H groups in total. The van der Waals surface area contributed by atoms with E-state index in [0.29, 0.717) is 27.4 Å². The maximum absolute atomic E-state index is 12.0. The fraction of sp³-hybridized carbons (Fsp3) is 0.118. The average molecular weight is 375 g/mol. The van der Waals surface area contributed by atoms with Gasteiger partial charge in [-0.15, -0.1) is 5.10 Å². The van der Waals surface area contributed by atoms with E-state index in [9.17, 15) is 4.79 Å². The van der Waals surface area contributed by atoms with Crippen LogP contribution in [0.15, 0.2) is 53.7 Å². The van der Waals surface area contributed by atoms with E-state index in [4.69, 9.17) is 16.3 Å². The lowest BCUT2D eigenvalue weighted by molar-refractivity contribution is -0.113. The Morgan fingerprint density at radius 3 is 2.68 bits per heavy atom. The third-order valence-electron chi connectivity index (χ3n) is 3.11. The lowest BCUT2D eigenvalue weighted by atomic mass is 10.3. The Balaban J connectivity index is 1.53. The van der Waals surface area contributed by atoms with Crippen LogP contribution in [0, 0.1) is 6.92 Å². The van der Waals surface area contributed by atoms with Crippen LogP contribution in [-0.4, -0.2) is 26.8 Å². The van der Waals surface area contributed by atoms with Gasteiger partial charge in [-0.1, -0.05) is 35.5 Å². The van der Waals surface area contributed by atoms with E-state index in [2.05, 4.69) is 20.5 Å². The lowest BCUT2D eigenvalue weighted by Crippen LogP contribution is -2.14. The number of aromatic nitrogens is 3. The third-order valence-corrected chi connectivity index (χ3v) is 4.27. The lowest BCUT2D eigenvalue weighted by Gasteiger charge is -2.09. The van der Waals surface area contributed by atoms with Gasteiger partial charge >= 0.3 is 0 Å². The maximum atomic E-state index is 12.0. The van der Waals surface area contributed by atoms with Gasteiger partial charge in [0.2, 0.25) is 11.1 Å². The number of carbonyl (C=O) groups is 1. The summed E-state index contributed by atoms with van der Waals surface area (Å²) in [6.07, 6.45) is 0. The molecule has 0 saturated carbocycles. The molecule has 1 amide bonds. The number of halogens is 1. The zero-order chi connectivity index (χ0) is 17.6. The molecular weight excluding hydrogens is 360 g/mol. The van der Waals surface area contributed by atoms with Crippen LogP contribution >= 0.6 is 23.4 Å². The standard InChI is InChI=1S/C17H15ClN4O2S/c1-11-19-17(22-21-11)25-10-16(23)20-12-6-8-13(9-7-12)24-15-5-3-2-4-14(15)18/h2-9H,10H2,1H3,(H,20,23)(H,19,21,22).